The number of rotatable bonds is 13. The van der Waals surface area contributed by atoms with E-state index in [1.165, 1.54) is 13.1 Å². The van der Waals surface area contributed by atoms with Crippen molar-refractivity contribution in [2.24, 2.45) is 0 Å². The Hall–Kier alpha value is -4.56. The maximum Gasteiger partial charge on any atom is 0.330 e. The van der Waals surface area contributed by atoms with Gasteiger partial charge in [0.2, 0.25) is 5.72 Å². The molecule has 12 nitrogen and oxygen atoms in total. The molecule has 51 heavy (non-hydrogen) atoms. The molecule has 0 amide bonds. The second-order valence-corrected chi connectivity index (χ2v) is 19.2. The Morgan fingerprint density at radius 2 is 1.45 bits per heavy atom. The summed E-state index contributed by atoms with van der Waals surface area (Å²) in [7, 11) is 0.691. The maximum atomic E-state index is 13.3. The second-order valence-electron chi connectivity index (χ2n) is 14.5. The van der Waals surface area contributed by atoms with Gasteiger partial charge in [0.25, 0.3) is 12.1 Å². The Morgan fingerprint density at radius 3 is 1.94 bits per heavy atom. The van der Waals surface area contributed by atoms with Gasteiger partial charge in [-0.15, -0.1) is 0 Å². The first-order valence-corrected chi connectivity index (χ1v) is 19.7. The highest BCUT2D eigenvalue weighted by Crippen LogP contribution is 2.46. The first-order chi connectivity index (χ1) is 24.0. The normalized spacial score (nSPS) is 19.5. The van der Waals surface area contributed by atoms with Gasteiger partial charge in [-0.3, -0.25) is 24.5 Å². The number of nitrogens with one attached hydrogen (secondary N) is 1. The fraction of sp³-hybridized carbons (Fsp3) is 0.421. The van der Waals surface area contributed by atoms with Crippen molar-refractivity contribution in [1.29, 1.82) is 0 Å². The highest BCUT2D eigenvalue weighted by atomic mass is 28.4. The van der Waals surface area contributed by atoms with E-state index < -0.39 is 54.6 Å². The van der Waals surface area contributed by atoms with Gasteiger partial charge in [0, 0.05) is 23.1 Å². The van der Waals surface area contributed by atoms with Gasteiger partial charge in [0.15, 0.2) is 8.32 Å². The number of aryl methyl sites for hydroxylation is 1. The third-order valence-electron chi connectivity index (χ3n) is 10.1. The summed E-state index contributed by atoms with van der Waals surface area (Å²) in [6.07, 6.45) is -0.271. The molecule has 272 valence electrons. The molecule has 0 saturated carbocycles. The molecule has 1 aromatic heterocycles. The lowest BCUT2D eigenvalue weighted by molar-refractivity contribution is -0.510. The van der Waals surface area contributed by atoms with E-state index in [9.17, 15) is 19.7 Å². The largest absolute Gasteiger partial charge is 0.497 e. The van der Waals surface area contributed by atoms with Crippen molar-refractivity contribution in [3.05, 3.63) is 138 Å². The Labute approximate surface area is 298 Å². The molecule has 2 heterocycles. The first-order valence-electron chi connectivity index (χ1n) is 16.8. The summed E-state index contributed by atoms with van der Waals surface area (Å²) in [5, 5.41) is 12.1. The molecule has 1 aliphatic heterocycles. The predicted octanol–water partition coefficient (Wildman–Crippen LogP) is 5.98. The number of benzene rings is 3. The maximum absolute atomic E-state index is 13.3. The predicted molar refractivity (Wildman–Crippen MR) is 196 cm³/mol. The Kier molecular flexibility index (Phi) is 10.8. The molecule has 1 N–H and O–H groups in total. The van der Waals surface area contributed by atoms with E-state index in [1.54, 1.807) is 14.2 Å². The van der Waals surface area contributed by atoms with E-state index in [4.69, 9.17) is 23.4 Å². The Morgan fingerprint density at radius 1 is 0.922 bits per heavy atom. The topological polar surface area (TPSA) is 144 Å². The van der Waals surface area contributed by atoms with Crippen LogP contribution in [-0.2, 0) is 25.2 Å². The van der Waals surface area contributed by atoms with Crippen LogP contribution in [0.25, 0.3) is 0 Å². The van der Waals surface area contributed by atoms with Gasteiger partial charge in [0.1, 0.15) is 23.2 Å². The van der Waals surface area contributed by atoms with Crippen LogP contribution in [-0.4, -0.2) is 62.4 Å². The quantitative estimate of drug-likeness (QED) is 0.0765. The molecule has 1 saturated heterocycles. The van der Waals surface area contributed by atoms with Gasteiger partial charge in [-0.05, 0) is 66.0 Å². The average Bonchev–Trinajstić information content (AvgIpc) is 3.42. The number of hydrogen-bond acceptors (Lipinski definition) is 9. The van der Waals surface area contributed by atoms with Gasteiger partial charge in [-0.25, -0.2) is 4.79 Å². The van der Waals surface area contributed by atoms with Crippen LogP contribution in [0.4, 0.5) is 0 Å². The fourth-order valence-electron chi connectivity index (χ4n) is 6.35. The molecule has 3 aromatic carbocycles. The zero-order chi connectivity index (χ0) is 37.2. The van der Waals surface area contributed by atoms with E-state index >= 15 is 0 Å². The summed E-state index contributed by atoms with van der Waals surface area (Å²) in [6.45, 7) is 11.2. The Balaban J connectivity index is 1.68. The van der Waals surface area contributed by atoms with Gasteiger partial charge in [-0.1, -0.05) is 75.4 Å². The van der Waals surface area contributed by atoms with Crippen molar-refractivity contribution in [3.8, 4) is 11.5 Å². The number of hydrogen-bond donors (Lipinski definition) is 1. The van der Waals surface area contributed by atoms with Gasteiger partial charge < -0.3 is 23.4 Å². The molecule has 1 aliphatic rings. The lowest BCUT2D eigenvalue weighted by Gasteiger charge is -2.40. The number of aromatic nitrogens is 2. The summed E-state index contributed by atoms with van der Waals surface area (Å²) >= 11 is 0. The number of nitrogens with zero attached hydrogens (tertiary/aromatic N) is 2. The van der Waals surface area contributed by atoms with E-state index in [0.717, 1.165) is 21.3 Å². The number of methoxy groups -OCH3 is 2. The van der Waals surface area contributed by atoms with Crippen LogP contribution in [0.2, 0.25) is 18.1 Å². The average molecular weight is 718 g/mol. The zero-order valence-corrected chi connectivity index (χ0v) is 31.4. The van der Waals surface area contributed by atoms with Crippen LogP contribution >= 0.6 is 0 Å². The van der Waals surface area contributed by atoms with Crippen LogP contribution < -0.4 is 20.7 Å². The lowest BCUT2D eigenvalue weighted by Crippen LogP contribution is -2.49. The van der Waals surface area contributed by atoms with Crippen molar-refractivity contribution in [2.75, 3.05) is 27.4 Å². The first kappa shape index (κ1) is 37.7. The minimum atomic E-state index is -2.51. The molecular formula is C38H47N3O9Si. The monoisotopic (exact) mass is 717 g/mol. The molecule has 1 unspecified atom stereocenters. The second kappa shape index (κ2) is 14.6. The zero-order valence-electron chi connectivity index (χ0n) is 30.4. The van der Waals surface area contributed by atoms with Crippen molar-refractivity contribution < 1.29 is 28.3 Å². The molecule has 13 heteroatoms. The smallest absolute Gasteiger partial charge is 0.330 e. The third-order valence-corrected chi connectivity index (χ3v) is 14.6. The molecule has 5 rings (SSSR count). The van der Waals surface area contributed by atoms with Crippen LogP contribution in [0.15, 0.2) is 94.6 Å². The van der Waals surface area contributed by atoms with Gasteiger partial charge >= 0.3 is 5.69 Å². The summed E-state index contributed by atoms with van der Waals surface area (Å²) in [4.78, 5) is 39.7. The van der Waals surface area contributed by atoms with Crippen molar-refractivity contribution in [2.45, 2.75) is 75.8 Å². The molecular weight excluding hydrogens is 671 g/mol. The van der Waals surface area contributed by atoms with Gasteiger partial charge in [-0.2, -0.15) is 0 Å². The van der Waals surface area contributed by atoms with Gasteiger partial charge in [0.05, 0.1) is 26.9 Å². The molecule has 0 bridgehead atoms. The third kappa shape index (κ3) is 7.57. The molecule has 0 spiro atoms. The highest BCUT2D eigenvalue weighted by Gasteiger charge is 2.56. The molecule has 3 atom stereocenters. The minimum Gasteiger partial charge on any atom is -0.497 e. The van der Waals surface area contributed by atoms with Crippen LogP contribution in [0.1, 0.15) is 49.4 Å². The van der Waals surface area contributed by atoms with Crippen LogP contribution in [0, 0.1) is 17.0 Å². The van der Waals surface area contributed by atoms with Crippen LogP contribution in [0.5, 0.6) is 11.5 Å². The number of nitro groups is 1. The van der Waals surface area contributed by atoms with Crippen LogP contribution in [0.3, 0.4) is 0 Å². The molecule has 1 fully saturated rings. The Bertz CT molecular complexity index is 1890. The van der Waals surface area contributed by atoms with E-state index in [0.29, 0.717) is 11.5 Å². The van der Waals surface area contributed by atoms with Crippen molar-refractivity contribution in [3.63, 3.8) is 0 Å². The SMILES string of the molecule is COc1ccc(C(OC[C@H]2O[C@@](C[N+](=O)[O-])(n3cc(C)c(=O)[nH]c3=O)CC2O[Si](C)(C)C(C)(C)C)(c2ccccc2)c2ccc(OC)cc2)cc1. The molecule has 4 aromatic rings. The number of H-pyrrole nitrogens is 1. The molecule has 0 aliphatic carbocycles. The highest BCUT2D eigenvalue weighted by molar-refractivity contribution is 6.74. The molecule has 0 radical (unpaired) electrons. The number of aromatic amines is 1. The van der Waals surface area contributed by atoms with E-state index in [1.807, 2.05) is 78.9 Å². The summed E-state index contributed by atoms with van der Waals surface area (Å²) in [5.74, 6) is 1.34. The lowest BCUT2D eigenvalue weighted by atomic mass is 9.80. The van der Waals surface area contributed by atoms with Crippen molar-refractivity contribution in [1.82, 2.24) is 9.55 Å². The number of ether oxygens (including phenoxy) is 4. The summed E-state index contributed by atoms with van der Waals surface area (Å²) in [6, 6.07) is 25.0. The summed E-state index contributed by atoms with van der Waals surface area (Å²) in [5.41, 5.74) is -1.74. The standard InChI is InChI=1S/C38H47N3O9Si/c1-26-23-40(35(43)39-34(26)42)37(25-41(44)45)22-32(50-51(7,8)36(2,3)4)33(49-37)24-48-38(27-12-10-9-11-13-27,28-14-18-30(46-5)19-15-28)29-16-20-31(47-6)21-17-29/h9-21,23,32-33H,22,24-25H2,1-8H3,(H,39,42,43)/t32?,33-,37+/m1/s1. The van der Waals surface area contributed by atoms with Crippen molar-refractivity contribution >= 4 is 8.32 Å². The van der Waals surface area contributed by atoms with E-state index in [-0.39, 0.29) is 23.6 Å². The fourth-order valence-corrected chi connectivity index (χ4v) is 7.70. The minimum absolute atomic E-state index is 0.0245. The van der Waals surface area contributed by atoms with E-state index in [2.05, 4.69) is 38.8 Å². The summed E-state index contributed by atoms with van der Waals surface area (Å²) < 4.78 is 32.9.